The Morgan fingerprint density at radius 2 is 2.06 bits per heavy atom. The fourth-order valence-corrected chi connectivity index (χ4v) is 3.10. The Bertz CT molecular complexity index is 292. The Balaban J connectivity index is 1.95. The number of hydrogen-bond donors (Lipinski definition) is 1. The summed E-state index contributed by atoms with van der Waals surface area (Å²) in [5, 5.41) is 0. The molecule has 2 rings (SSSR count). The summed E-state index contributed by atoms with van der Waals surface area (Å²) in [6.07, 6.45) is 4.40. The van der Waals surface area contributed by atoms with E-state index in [1.807, 2.05) is 4.90 Å². The highest BCUT2D eigenvalue weighted by molar-refractivity contribution is 5.81. The highest BCUT2D eigenvalue weighted by Gasteiger charge is 2.47. The largest absolute Gasteiger partial charge is 0.339 e. The quantitative estimate of drug-likeness (QED) is 0.777. The normalized spacial score (nSPS) is 31.2. The Labute approximate surface area is 98.4 Å². The van der Waals surface area contributed by atoms with Gasteiger partial charge in [0.2, 0.25) is 5.91 Å². The zero-order valence-electron chi connectivity index (χ0n) is 10.8. The summed E-state index contributed by atoms with van der Waals surface area (Å²) >= 11 is 0. The molecule has 0 aromatic heterocycles. The second-order valence-electron chi connectivity index (χ2n) is 6.34. The van der Waals surface area contributed by atoms with Crippen molar-refractivity contribution in [3.8, 4) is 0 Å². The number of amides is 1. The summed E-state index contributed by atoms with van der Waals surface area (Å²) in [5.74, 6) is 0.575. The number of carbonyl (C=O) groups excluding carboxylic acids is 1. The van der Waals surface area contributed by atoms with Crippen LogP contribution in [0.2, 0.25) is 0 Å². The lowest BCUT2D eigenvalue weighted by Crippen LogP contribution is -2.69. The molecular weight excluding hydrogens is 200 g/mol. The summed E-state index contributed by atoms with van der Waals surface area (Å²) in [6, 6.07) is 0. The number of hydrogen-bond acceptors (Lipinski definition) is 2. The molecular formula is C13H24N2O. The van der Waals surface area contributed by atoms with E-state index in [9.17, 15) is 4.79 Å². The van der Waals surface area contributed by atoms with Crippen LogP contribution >= 0.6 is 0 Å². The van der Waals surface area contributed by atoms with Crippen molar-refractivity contribution in [1.29, 1.82) is 0 Å². The van der Waals surface area contributed by atoms with Gasteiger partial charge in [-0.15, -0.1) is 0 Å². The molecule has 1 aliphatic carbocycles. The molecule has 2 N–H and O–H groups in total. The zero-order valence-corrected chi connectivity index (χ0v) is 10.8. The topological polar surface area (TPSA) is 46.3 Å². The minimum atomic E-state index is -0.0988. The highest BCUT2D eigenvalue weighted by atomic mass is 16.2. The summed E-state index contributed by atoms with van der Waals surface area (Å²) in [5.41, 5.74) is 6.19. The van der Waals surface area contributed by atoms with Crippen molar-refractivity contribution in [1.82, 2.24) is 4.90 Å². The van der Waals surface area contributed by atoms with Gasteiger partial charge in [0.25, 0.3) is 0 Å². The lowest BCUT2D eigenvalue weighted by atomic mass is 9.79. The van der Waals surface area contributed by atoms with Gasteiger partial charge in [-0.2, -0.15) is 0 Å². The van der Waals surface area contributed by atoms with Gasteiger partial charge in [-0.25, -0.2) is 0 Å². The summed E-state index contributed by atoms with van der Waals surface area (Å²) in [7, 11) is 0. The molecule has 16 heavy (non-hydrogen) atoms. The molecule has 1 amide bonds. The molecule has 2 fully saturated rings. The van der Waals surface area contributed by atoms with Gasteiger partial charge < -0.3 is 10.6 Å². The molecule has 1 saturated heterocycles. The van der Waals surface area contributed by atoms with Crippen LogP contribution in [0, 0.1) is 11.3 Å². The summed E-state index contributed by atoms with van der Waals surface area (Å²) in [6.45, 7) is 8.06. The van der Waals surface area contributed by atoms with Crippen LogP contribution in [0.5, 0.6) is 0 Å². The van der Waals surface area contributed by atoms with Crippen molar-refractivity contribution in [3.63, 3.8) is 0 Å². The van der Waals surface area contributed by atoms with Gasteiger partial charge in [0.05, 0.1) is 5.54 Å². The lowest BCUT2D eigenvalue weighted by molar-refractivity contribution is -0.146. The molecule has 92 valence electrons. The second-order valence-corrected chi connectivity index (χ2v) is 6.34. The van der Waals surface area contributed by atoms with E-state index in [0.29, 0.717) is 5.91 Å². The number of likely N-dealkylation sites (tertiary alicyclic amines) is 1. The second kappa shape index (κ2) is 3.73. The first-order chi connectivity index (χ1) is 7.38. The molecule has 1 aliphatic heterocycles. The van der Waals surface area contributed by atoms with E-state index in [1.165, 1.54) is 12.8 Å². The molecule has 1 saturated carbocycles. The first-order valence-corrected chi connectivity index (χ1v) is 6.46. The van der Waals surface area contributed by atoms with Crippen molar-refractivity contribution in [2.75, 3.05) is 13.1 Å². The van der Waals surface area contributed by atoms with Crippen LogP contribution in [0.4, 0.5) is 0 Å². The highest BCUT2D eigenvalue weighted by Crippen LogP contribution is 2.44. The van der Waals surface area contributed by atoms with Crippen molar-refractivity contribution in [2.24, 2.45) is 17.1 Å². The van der Waals surface area contributed by atoms with E-state index in [-0.39, 0.29) is 16.9 Å². The molecule has 0 spiro atoms. The average molecular weight is 224 g/mol. The summed E-state index contributed by atoms with van der Waals surface area (Å²) < 4.78 is 0. The lowest BCUT2D eigenvalue weighted by Gasteiger charge is -2.49. The number of carbonyl (C=O) groups is 1. The van der Waals surface area contributed by atoms with Crippen molar-refractivity contribution in [3.05, 3.63) is 0 Å². The molecule has 2 aliphatic rings. The van der Waals surface area contributed by atoms with Crippen LogP contribution in [0.25, 0.3) is 0 Å². The first-order valence-electron chi connectivity index (χ1n) is 6.46. The Morgan fingerprint density at radius 3 is 2.50 bits per heavy atom. The fourth-order valence-electron chi connectivity index (χ4n) is 3.10. The average Bonchev–Trinajstić information content (AvgIpc) is 2.52. The van der Waals surface area contributed by atoms with Crippen LogP contribution in [0.3, 0.4) is 0 Å². The Kier molecular flexibility index (Phi) is 2.77. The van der Waals surface area contributed by atoms with Gasteiger partial charge in [-0.3, -0.25) is 4.79 Å². The van der Waals surface area contributed by atoms with Gasteiger partial charge >= 0.3 is 0 Å². The summed E-state index contributed by atoms with van der Waals surface area (Å²) in [4.78, 5) is 14.3. The van der Waals surface area contributed by atoms with Crippen LogP contribution in [-0.4, -0.2) is 29.4 Å². The third-order valence-corrected chi connectivity index (χ3v) is 4.58. The number of nitrogens with zero attached hydrogens (tertiary/aromatic N) is 1. The minimum Gasteiger partial charge on any atom is -0.339 e. The third kappa shape index (κ3) is 1.86. The standard InChI is InChI=1S/C13H24N2O/c1-4-13(14)8-15(9-13)11(16)10-6-5-7-12(10,2)3/h10H,4-9,14H2,1-3H3. The molecule has 3 nitrogen and oxygen atoms in total. The molecule has 0 radical (unpaired) electrons. The monoisotopic (exact) mass is 224 g/mol. The van der Waals surface area contributed by atoms with Gasteiger partial charge in [0.1, 0.15) is 0 Å². The van der Waals surface area contributed by atoms with E-state index in [4.69, 9.17) is 5.73 Å². The molecule has 0 bridgehead atoms. The molecule has 1 heterocycles. The molecule has 1 unspecified atom stereocenters. The molecule has 1 atom stereocenters. The third-order valence-electron chi connectivity index (χ3n) is 4.58. The molecule has 3 heteroatoms. The van der Waals surface area contributed by atoms with Gasteiger partial charge in [-0.1, -0.05) is 27.2 Å². The maximum atomic E-state index is 12.3. The van der Waals surface area contributed by atoms with Crippen LogP contribution in [0.15, 0.2) is 0 Å². The van der Waals surface area contributed by atoms with Crippen LogP contribution in [-0.2, 0) is 4.79 Å². The predicted octanol–water partition coefficient (Wildman–Crippen LogP) is 1.76. The molecule has 0 aromatic rings. The minimum absolute atomic E-state index is 0.0988. The van der Waals surface area contributed by atoms with Crippen LogP contribution in [0.1, 0.15) is 46.5 Å². The van der Waals surface area contributed by atoms with E-state index in [1.54, 1.807) is 0 Å². The maximum Gasteiger partial charge on any atom is 0.226 e. The fraction of sp³-hybridized carbons (Fsp3) is 0.923. The van der Waals surface area contributed by atoms with Crippen molar-refractivity contribution in [2.45, 2.75) is 52.0 Å². The van der Waals surface area contributed by atoms with E-state index >= 15 is 0 Å². The van der Waals surface area contributed by atoms with Crippen molar-refractivity contribution < 1.29 is 4.79 Å². The SMILES string of the molecule is CCC1(N)CN(C(=O)C2CCCC2(C)C)C1. The van der Waals surface area contributed by atoms with Crippen LogP contribution < -0.4 is 5.73 Å². The van der Waals surface area contributed by atoms with E-state index in [0.717, 1.165) is 25.9 Å². The number of nitrogens with two attached hydrogens (primary N) is 1. The van der Waals surface area contributed by atoms with E-state index in [2.05, 4.69) is 20.8 Å². The first kappa shape index (κ1) is 11.9. The van der Waals surface area contributed by atoms with Crippen molar-refractivity contribution >= 4 is 5.91 Å². The van der Waals surface area contributed by atoms with E-state index < -0.39 is 0 Å². The van der Waals surface area contributed by atoms with Gasteiger partial charge in [0, 0.05) is 19.0 Å². The van der Waals surface area contributed by atoms with Gasteiger partial charge in [0.15, 0.2) is 0 Å². The smallest absolute Gasteiger partial charge is 0.226 e. The molecule has 0 aromatic carbocycles. The maximum absolute atomic E-state index is 12.3. The predicted molar refractivity (Wildman–Crippen MR) is 64.9 cm³/mol. The Morgan fingerprint density at radius 1 is 1.44 bits per heavy atom. The zero-order chi connectivity index (χ0) is 12.0. The number of rotatable bonds is 2. The Hall–Kier alpha value is -0.570. The van der Waals surface area contributed by atoms with Gasteiger partial charge in [-0.05, 0) is 24.7 Å².